The Kier molecular flexibility index (Phi) is 4.50. The Hall–Kier alpha value is -0.760. The number of aryl methyl sites for hydroxylation is 1. The minimum absolute atomic E-state index is 0.572. The molecule has 1 unspecified atom stereocenters. The molecule has 0 spiro atoms. The van der Waals surface area contributed by atoms with Crippen molar-refractivity contribution in [1.29, 1.82) is 0 Å². The highest BCUT2D eigenvalue weighted by Gasteiger charge is 2.28. The molecule has 1 aliphatic heterocycles. The first-order valence-corrected chi connectivity index (χ1v) is 7.51. The molecular weight excluding hydrogens is 244 g/mol. The number of nitrogens with zero attached hydrogens (tertiary/aromatic N) is 2. The zero-order valence-electron chi connectivity index (χ0n) is 11.6. The maximum absolute atomic E-state index is 5.99. The van der Waals surface area contributed by atoms with Crippen LogP contribution in [0.3, 0.4) is 0 Å². The molecule has 1 aliphatic rings. The summed E-state index contributed by atoms with van der Waals surface area (Å²) in [6.07, 6.45) is 3.53. The standard InChI is InChI=1S/C15H23ClN2/c1-4-13-8-12(10-16)9-15(17-13)18-7-5-6-14(18)11(2)3/h8-9,11,14H,4-7,10H2,1-3H3. The summed E-state index contributed by atoms with van der Waals surface area (Å²) in [5.41, 5.74) is 2.34. The number of alkyl halides is 1. The number of rotatable bonds is 4. The highest BCUT2D eigenvalue weighted by Crippen LogP contribution is 2.29. The van der Waals surface area contributed by atoms with Crippen molar-refractivity contribution in [2.75, 3.05) is 11.4 Å². The first-order valence-electron chi connectivity index (χ1n) is 6.98. The second-order valence-electron chi connectivity index (χ2n) is 5.46. The van der Waals surface area contributed by atoms with E-state index in [-0.39, 0.29) is 0 Å². The topological polar surface area (TPSA) is 16.1 Å². The normalized spacial score (nSPS) is 19.8. The molecule has 0 amide bonds. The van der Waals surface area contributed by atoms with E-state index in [4.69, 9.17) is 16.6 Å². The van der Waals surface area contributed by atoms with Gasteiger partial charge in [0.1, 0.15) is 5.82 Å². The number of pyridine rings is 1. The lowest BCUT2D eigenvalue weighted by Crippen LogP contribution is -2.34. The lowest BCUT2D eigenvalue weighted by Gasteiger charge is -2.29. The van der Waals surface area contributed by atoms with E-state index < -0.39 is 0 Å². The second kappa shape index (κ2) is 5.92. The Balaban J connectivity index is 2.31. The SMILES string of the molecule is CCc1cc(CCl)cc(N2CCCC2C(C)C)n1. The van der Waals surface area contributed by atoms with Crippen LogP contribution in [0.5, 0.6) is 0 Å². The first kappa shape index (κ1) is 13.7. The molecule has 3 heteroatoms. The van der Waals surface area contributed by atoms with E-state index in [1.807, 2.05) is 0 Å². The van der Waals surface area contributed by atoms with Crippen molar-refractivity contribution in [2.45, 2.75) is 52.0 Å². The molecule has 0 N–H and O–H groups in total. The molecule has 18 heavy (non-hydrogen) atoms. The van der Waals surface area contributed by atoms with Crippen molar-refractivity contribution in [2.24, 2.45) is 5.92 Å². The Bertz CT molecular complexity index is 381. The zero-order chi connectivity index (χ0) is 13.1. The van der Waals surface area contributed by atoms with Gasteiger partial charge >= 0.3 is 0 Å². The van der Waals surface area contributed by atoms with Crippen LogP contribution < -0.4 is 4.90 Å². The molecule has 2 rings (SSSR count). The van der Waals surface area contributed by atoms with Crippen LogP contribution in [0, 0.1) is 5.92 Å². The van der Waals surface area contributed by atoms with Crippen LogP contribution in [-0.4, -0.2) is 17.6 Å². The first-order chi connectivity index (χ1) is 8.65. The van der Waals surface area contributed by atoms with E-state index in [0.29, 0.717) is 17.8 Å². The molecule has 0 aliphatic carbocycles. The fourth-order valence-corrected chi connectivity index (χ4v) is 2.96. The largest absolute Gasteiger partial charge is 0.353 e. The number of hydrogen-bond donors (Lipinski definition) is 0. The van der Waals surface area contributed by atoms with Crippen molar-refractivity contribution in [3.63, 3.8) is 0 Å². The van der Waals surface area contributed by atoms with E-state index >= 15 is 0 Å². The highest BCUT2D eigenvalue weighted by atomic mass is 35.5. The Labute approximate surface area is 115 Å². The summed E-state index contributed by atoms with van der Waals surface area (Å²) in [7, 11) is 0. The van der Waals surface area contributed by atoms with Gasteiger partial charge in [0, 0.05) is 24.2 Å². The molecule has 0 bridgehead atoms. The van der Waals surface area contributed by atoms with Gasteiger partial charge in [-0.15, -0.1) is 11.6 Å². The molecule has 2 heterocycles. The van der Waals surface area contributed by atoms with Gasteiger partial charge in [-0.2, -0.15) is 0 Å². The summed E-state index contributed by atoms with van der Waals surface area (Å²) in [5.74, 6) is 2.38. The van der Waals surface area contributed by atoms with Gasteiger partial charge < -0.3 is 4.90 Å². The highest BCUT2D eigenvalue weighted by molar-refractivity contribution is 6.17. The smallest absolute Gasteiger partial charge is 0.129 e. The van der Waals surface area contributed by atoms with Gasteiger partial charge in [0.15, 0.2) is 0 Å². The van der Waals surface area contributed by atoms with Crippen LogP contribution in [0.1, 0.15) is 44.9 Å². The van der Waals surface area contributed by atoms with Crippen LogP contribution in [0.4, 0.5) is 5.82 Å². The maximum atomic E-state index is 5.99. The lowest BCUT2D eigenvalue weighted by molar-refractivity contribution is 0.489. The fourth-order valence-electron chi connectivity index (χ4n) is 2.81. The zero-order valence-corrected chi connectivity index (χ0v) is 12.4. The molecule has 1 saturated heterocycles. The molecule has 0 radical (unpaired) electrons. The van der Waals surface area contributed by atoms with Crippen molar-refractivity contribution in [1.82, 2.24) is 4.98 Å². The molecular formula is C15H23ClN2. The van der Waals surface area contributed by atoms with E-state index in [0.717, 1.165) is 24.5 Å². The molecule has 1 fully saturated rings. The lowest BCUT2D eigenvalue weighted by atomic mass is 10.0. The third-order valence-corrected chi connectivity index (χ3v) is 4.11. The minimum Gasteiger partial charge on any atom is -0.353 e. The van der Waals surface area contributed by atoms with E-state index in [1.54, 1.807) is 0 Å². The summed E-state index contributed by atoms with van der Waals surface area (Å²) in [6, 6.07) is 4.91. The van der Waals surface area contributed by atoms with Crippen LogP contribution in [0.25, 0.3) is 0 Å². The molecule has 2 nitrogen and oxygen atoms in total. The fraction of sp³-hybridized carbons (Fsp3) is 0.667. The molecule has 0 aromatic carbocycles. The van der Waals surface area contributed by atoms with Crippen LogP contribution in [0.2, 0.25) is 0 Å². The predicted molar refractivity (Wildman–Crippen MR) is 78.4 cm³/mol. The third kappa shape index (κ3) is 2.80. The molecule has 100 valence electrons. The Morgan fingerprint density at radius 3 is 2.83 bits per heavy atom. The van der Waals surface area contributed by atoms with Gasteiger partial charge in [0.2, 0.25) is 0 Å². The van der Waals surface area contributed by atoms with Crippen molar-refractivity contribution < 1.29 is 0 Å². The predicted octanol–water partition coefficient (Wildman–Crippen LogP) is 4.01. The summed E-state index contributed by atoms with van der Waals surface area (Å²) < 4.78 is 0. The van der Waals surface area contributed by atoms with Gasteiger partial charge in [-0.05, 0) is 42.9 Å². The van der Waals surface area contributed by atoms with Crippen LogP contribution in [-0.2, 0) is 12.3 Å². The third-order valence-electron chi connectivity index (χ3n) is 3.80. The maximum Gasteiger partial charge on any atom is 0.129 e. The van der Waals surface area contributed by atoms with E-state index in [9.17, 15) is 0 Å². The molecule has 1 aromatic rings. The Morgan fingerprint density at radius 1 is 1.44 bits per heavy atom. The van der Waals surface area contributed by atoms with Gasteiger partial charge in [0.05, 0.1) is 0 Å². The summed E-state index contributed by atoms with van der Waals surface area (Å²) in [6.45, 7) is 7.88. The van der Waals surface area contributed by atoms with Gasteiger partial charge in [-0.3, -0.25) is 0 Å². The van der Waals surface area contributed by atoms with Crippen LogP contribution in [0.15, 0.2) is 12.1 Å². The van der Waals surface area contributed by atoms with Crippen molar-refractivity contribution in [3.8, 4) is 0 Å². The van der Waals surface area contributed by atoms with Gasteiger partial charge in [0.25, 0.3) is 0 Å². The molecule has 0 saturated carbocycles. The van der Waals surface area contributed by atoms with Crippen molar-refractivity contribution in [3.05, 3.63) is 23.4 Å². The average molecular weight is 267 g/mol. The monoisotopic (exact) mass is 266 g/mol. The molecule has 1 atom stereocenters. The van der Waals surface area contributed by atoms with E-state index in [2.05, 4.69) is 37.8 Å². The summed E-state index contributed by atoms with van der Waals surface area (Å²) in [5, 5.41) is 0. The van der Waals surface area contributed by atoms with Gasteiger partial charge in [-0.25, -0.2) is 4.98 Å². The van der Waals surface area contributed by atoms with Crippen molar-refractivity contribution >= 4 is 17.4 Å². The Morgan fingerprint density at radius 2 is 2.22 bits per heavy atom. The summed E-state index contributed by atoms with van der Waals surface area (Å²) >= 11 is 5.99. The van der Waals surface area contributed by atoms with Crippen LogP contribution >= 0.6 is 11.6 Å². The molecule has 1 aromatic heterocycles. The summed E-state index contributed by atoms with van der Waals surface area (Å²) in [4.78, 5) is 7.25. The number of anilines is 1. The number of hydrogen-bond acceptors (Lipinski definition) is 2. The average Bonchev–Trinajstić information content (AvgIpc) is 2.87. The van der Waals surface area contributed by atoms with E-state index in [1.165, 1.54) is 18.4 Å². The minimum atomic E-state index is 0.572. The quantitative estimate of drug-likeness (QED) is 0.766. The number of halogens is 1. The second-order valence-corrected chi connectivity index (χ2v) is 5.73. The van der Waals surface area contributed by atoms with Gasteiger partial charge in [-0.1, -0.05) is 20.8 Å². The number of aromatic nitrogens is 1.